The van der Waals surface area contributed by atoms with Crippen molar-refractivity contribution in [3.05, 3.63) is 33.4 Å². The Morgan fingerprint density at radius 2 is 2.25 bits per heavy atom. The van der Waals surface area contributed by atoms with E-state index in [2.05, 4.69) is 20.3 Å². The van der Waals surface area contributed by atoms with Gasteiger partial charge in [-0.1, -0.05) is 16.9 Å². The number of fused-ring (bicyclic) bond motifs is 1. The minimum Gasteiger partial charge on any atom is -0.385 e. The Morgan fingerprint density at radius 3 is 2.95 bits per heavy atom. The first kappa shape index (κ1) is 12.7. The molecule has 0 unspecified atom stereocenters. The van der Waals surface area contributed by atoms with Gasteiger partial charge in [0, 0.05) is 17.4 Å². The summed E-state index contributed by atoms with van der Waals surface area (Å²) >= 11 is 1.45. The molecule has 3 rings (SSSR count). The molecule has 0 saturated heterocycles. The van der Waals surface area contributed by atoms with E-state index >= 15 is 0 Å². The van der Waals surface area contributed by atoms with E-state index in [4.69, 9.17) is 10.3 Å². The van der Waals surface area contributed by atoms with Crippen LogP contribution >= 0.6 is 11.8 Å². The minimum atomic E-state index is -0.301. The van der Waals surface area contributed by atoms with Gasteiger partial charge in [0.1, 0.15) is 11.6 Å². The van der Waals surface area contributed by atoms with Crippen molar-refractivity contribution in [2.75, 3.05) is 5.73 Å². The molecule has 3 heterocycles. The maximum absolute atomic E-state index is 11.3. The van der Waals surface area contributed by atoms with E-state index in [9.17, 15) is 4.79 Å². The predicted octanol–water partition coefficient (Wildman–Crippen LogP) is 0.897. The molecule has 0 bridgehead atoms. The number of H-pyrrole nitrogens is 1. The fourth-order valence-corrected chi connectivity index (χ4v) is 2.97. The second-order valence-electron chi connectivity index (χ2n) is 4.29. The normalized spacial score (nSPS) is 11.3. The highest BCUT2D eigenvalue weighted by molar-refractivity contribution is 7.98. The van der Waals surface area contributed by atoms with E-state index in [1.165, 1.54) is 17.8 Å². The van der Waals surface area contributed by atoms with Gasteiger partial charge in [-0.2, -0.15) is 0 Å². The summed E-state index contributed by atoms with van der Waals surface area (Å²) in [5.41, 5.74) is 7.40. The van der Waals surface area contributed by atoms with Crippen molar-refractivity contribution < 1.29 is 4.52 Å². The van der Waals surface area contributed by atoms with Crippen molar-refractivity contribution in [3.8, 4) is 0 Å². The van der Waals surface area contributed by atoms with Crippen LogP contribution in [0.3, 0.4) is 0 Å². The molecule has 0 spiro atoms. The number of hydrogen-bond donors (Lipinski definition) is 2. The van der Waals surface area contributed by atoms with Gasteiger partial charge in [0.15, 0.2) is 5.16 Å². The Hall–Kier alpha value is -2.29. The largest absolute Gasteiger partial charge is 0.385 e. The molecule has 0 amide bonds. The van der Waals surface area contributed by atoms with Crippen LogP contribution in [0.15, 0.2) is 20.5 Å². The zero-order valence-electron chi connectivity index (χ0n) is 10.9. The summed E-state index contributed by atoms with van der Waals surface area (Å²) in [6, 6.07) is 1.30. The van der Waals surface area contributed by atoms with E-state index in [0.29, 0.717) is 22.5 Å². The first-order chi connectivity index (χ1) is 9.56. The van der Waals surface area contributed by atoms with Crippen LogP contribution in [0.4, 0.5) is 5.82 Å². The highest BCUT2D eigenvalue weighted by atomic mass is 32.2. The quantitative estimate of drug-likeness (QED) is 0.689. The molecule has 0 aliphatic carbocycles. The van der Waals surface area contributed by atoms with Gasteiger partial charge < -0.3 is 10.3 Å². The number of nitrogens with zero attached hydrogens (tertiary/aromatic N) is 4. The van der Waals surface area contributed by atoms with Gasteiger partial charge in [0.05, 0.1) is 5.69 Å². The lowest BCUT2D eigenvalue weighted by atomic mass is 10.2. The average Bonchev–Trinajstić information content (AvgIpc) is 2.92. The molecule has 0 saturated carbocycles. The molecule has 0 atom stereocenters. The van der Waals surface area contributed by atoms with Crippen LogP contribution < -0.4 is 11.3 Å². The van der Waals surface area contributed by atoms with Crippen LogP contribution in [0.2, 0.25) is 0 Å². The third-order valence-corrected chi connectivity index (χ3v) is 3.89. The second-order valence-corrected chi connectivity index (χ2v) is 5.23. The van der Waals surface area contributed by atoms with Gasteiger partial charge in [-0.3, -0.25) is 9.78 Å². The summed E-state index contributed by atoms with van der Waals surface area (Å²) in [4.78, 5) is 13.9. The second kappa shape index (κ2) is 4.67. The minimum absolute atomic E-state index is 0.301. The third kappa shape index (κ3) is 2.05. The van der Waals surface area contributed by atoms with Gasteiger partial charge in [-0.25, -0.2) is 4.40 Å². The molecular weight excluding hydrogens is 280 g/mol. The van der Waals surface area contributed by atoms with E-state index in [1.807, 2.05) is 13.8 Å². The van der Waals surface area contributed by atoms with E-state index in [1.54, 1.807) is 4.40 Å². The van der Waals surface area contributed by atoms with Crippen molar-refractivity contribution in [2.45, 2.75) is 24.8 Å². The van der Waals surface area contributed by atoms with Crippen molar-refractivity contribution >= 4 is 23.4 Å². The van der Waals surface area contributed by atoms with Gasteiger partial charge in [0.25, 0.3) is 5.56 Å². The van der Waals surface area contributed by atoms with Gasteiger partial charge in [0.2, 0.25) is 5.78 Å². The third-order valence-electron chi connectivity index (χ3n) is 2.93. The smallest absolute Gasteiger partial charge is 0.254 e. The topological polar surface area (TPSA) is 115 Å². The summed E-state index contributed by atoms with van der Waals surface area (Å²) in [5, 5.41) is 12.4. The maximum Gasteiger partial charge on any atom is 0.254 e. The Morgan fingerprint density at radius 1 is 1.45 bits per heavy atom. The number of nitrogens with two attached hydrogens (primary N) is 1. The Bertz CT molecular complexity index is 814. The highest BCUT2D eigenvalue weighted by Crippen LogP contribution is 2.25. The summed E-state index contributed by atoms with van der Waals surface area (Å²) in [6.45, 7) is 3.75. The fraction of sp³-hybridized carbons (Fsp3) is 0.273. The summed E-state index contributed by atoms with van der Waals surface area (Å²) in [6.07, 6.45) is 0. The number of aromatic nitrogens is 5. The van der Waals surface area contributed by atoms with Crippen molar-refractivity contribution in [1.29, 1.82) is 0 Å². The average molecular weight is 292 g/mol. The monoisotopic (exact) mass is 292 g/mol. The molecule has 3 aromatic rings. The number of nitrogen functional groups attached to an aromatic ring is 1. The van der Waals surface area contributed by atoms with Gasteiger partial charge in [-0.05, 0) is 13.8 Å². The zero-order chi connectivity index (χ0) is 14.3. The Kier molecular flexibility index (Phi) is 2.97. The number of anilines is 1. The van der Waals surface area contributed by atoms with Gasteiger partial charge >= 0.3 is 0 Å². The number of aryl methyl sites for hydroxylation is 2. The maximum atomic E-state index is 11.3. The molecule has 0 aliphatic rings. The summed E-state index contributed by atoms with van der Waals surface area (Å²) in [5.74, 6) is 2.05. The number of rotatable bonds is 3. The molecule has 3 N–H and O–H groups in total. The van der Waals surface area contributed by atoms with Crippen molar-refractivity contribution in [3.63, 3.8) is 0 Å². The van der Waals surface area contributed by atoms with Crippen molar-refractivity contribution in [2.24, 2.45) is 0 Å². The molecule has 8 nitrogen and oxygen atoms in total. The molecule has 0 fully saturated rings. The first-order valence-corrected chi connectivity index (χ1v) is 6.83. The zero-order valence-corrected chi connectivity index (χ0v) is 11.7. The summed E-state index contributed by atoms with van der Waals surface area (Å²) < 4.78 is 6.72. The number of hydrogen-bond acceptors (Lipinski definition) is 7. The highest BCUT2D eigenvalue weighted by Gasteiger charge is 2.14. The Balaban J connectivity index is 1.94. The number of aromatic amines is 1. The van der Waals surface area contributed by atoms with Crippen LogP contribution in [0.1, 0.15) is 17.0 Å². The van der Waals surface area contributed by atoms with Crippen LogP contribution in [0.25, 0.3) is 5.78 Å². The van der Waals surface area contributed by atoms with Crippen LogP contribution in [0.5, 0.6) is 0 Å². The van der Waals surface area contributed by atoms with E-state index < -0.39 is 0 Å². The van der Waals surface area contributed by atoms with E-state index in [0.717, 1.165) is 17.0 Å². The molecule has 9 heteroatoms. The molecule has 0 aliphatic heterocycles. The molecule has 20 heavy (non-hydrogen) atoms. The fourth-order valence-electron chi connectivity index (χ4n) is 1.87. The number of thioether (sulfide) groups is 1. The predicted molar refractivity (Wildman–Crippen MR) is 73.6 cm³/mol. The molecule has 3 aromatic heterocycles. The Labute approximate surface area is 117 Å². The molecule has 0 aromatic carbocycles. The van der Waals surface area contributed by atoms with Crippen LogP contribution in [-0.2, 0) is 5.75 Å². The van der Waals surface area contributed by atoms with Crippen LogP contribution in [0, 0.1) is 13.8 Å². The summed E-state index contributed by atoms with van der Waals surface area (Å²) in [7, 11) is 0. The standard InChI is InChI=1S/C11H12N6O2S/c1-5-7(6(2)19-16-5)4-20-11-15-14-10-13-9(18)3-8(12)17(10)11/h3H,4,12H2,1-2H3,(H,13,14,18). The van der Waals surface area contributed by atoms with Crippen LogP contribution in [-0.4, -0.2) is 24.7 Å². The molecule has 0 radical (unpaired) electrons. The number of nitrogens with one attached hydrogen (secondary N) is 1. The SMILES string of the molecule is Cc1noc(C)c1CSc1nnc2[nH]c(=O)cc(N)n12. The molecule has 104 valence electrons. The lowest BCUT2D eigenvalue weighted by Crippen LogP contribution is -2.11. The van der Waals surface area contributed by atoms with Gasteiger partial charge in [-0.15, -0.1) is 10.2 Å². The lowest BCUT2D eigenvalue weighted by molar-refractivity contribution is 0.392. The van der Waals surface area contributed by atoms with E-state index in [-0.39, 0.29) is 5.56 Å². The first-order valence-electron chi connectivity index (χ1n) is 5.84. The van der Waals surface area contributed by atoms with Crippen molar-refractivity contribution in [1.82, 2.24) is 24.7 Å². The molecular formula is C11H12N6O2S. The lowest BCUT2D eigenvalue weighted by Gasteiger charge is -2.02.